The Kier molecular flexibility index (Phi) is 11.1. The maximum Gasteiger partial charge on any atom is 0.148 e. The van der Waals surface area contributed by atoms with Gasteiger partial charge >= 0.3 is 0 Å². The van der Waals surface area contributed by atoms with Crippen molar-refractivity contribution in [3.8, 4) is 89.7 Å². The molecule has 2 aromatic heterocycles. The quantitative estimate of drug-likeness (QED) is 0.139. The molecule has 5 heteroatoms. The van der Waals surface area contributed by atoms with E-state index in [0.717, 1.165) is 33.4 Å². The Morgan fingerprint density at radius 1 is 0.577 bits per heavy atom. The summed E-state index contributed by atoms with van der Waals surface area (Å²) in [6, 6.07) is 59.4. The number of para-hydroxylation sites is 1. The van der Waals surface area contributed by atoms with Gasteiger partial charge in [0.05, 0.1) is 22.3 Å². The topological polar surface area (TPSA) is 50.9 Å². The monoisotopic (exact) mass is 1110 g/mol. The molecule has 0 fully saturated rings. The third-order valence-electron chi connectivity index (χ3n) is 13.2. The maximum atomic E-state index is 12.7. The molecule has 0 saturated heterocycles. The van der Waals surface area contributed by atoms with Crippen LogP contribution in [0.2, 0.25) is 0 Å². The molecule has 0 aliphatic heterocycles. The average molecular weight is 1110 g/mol. The first-order valence-corrected chi connectivity index (χ1v) is 23.7. The summed E-state index contributed by atoms with van der Waals surface area (Å²) >= 11 is 0. The van der Waals surface area contributed by atoms with Gasteiger partial charge in [-0.1, -0.05) is 204 Å². The van der Waals surface area contributed by atoms with E-state index in [1.54, 1.807) is 64.2 Å². The first kappa shape index (κ1) is 39.6. The van der Waals surface area contributed by atoms with Crippen LogP contribution in [0.5, 0.6) is 5.75 Å². The van der Waals surface area contributed by atoms with Gasteiger partial charge in [0.15, 0.2) is 0 Å². The van der Waals surface area contributed by atoms with Gasteiger partial charge in [-0.25, -0.2) is 4.98 Å². The van der Waals surface area contributed by atoms with Crippen LogP contribution in [-0.4, -0.2) is 19.6 Å². The molecule has 0 unspecified atom stereocenters. The van der Waals surface area contributed by atoms with Gasteiger partial charge in [-0.3, -0.25) is 9.55 Å². The first-order chi connectivity index (χ1) is 36.7. The zero-order valence-electron chi connectivity index (χ0n) is 48.9. The molecule has 1 N–H and O–H groups in total. The van der Waals surface area contributed by atoms with E-state index in [0.29, 0.717) is 78.3 Å². The van der Waals surface area contributed by atoms with Crippen molar-refractivity contribution in [2.24, 2.45) is 0 Å². The van der Waals surface area contributed by atoms with E-state index in [4.69, 9.17) is 18.2 Å². The van der Waals surface area contributed by atoms with Crippen LogP contribution >= 0.6 is 0 Å². The third-order valence-corrected chi connectivity index (χ3v) is 13.2. The van der Waals surface area contributed by atoms with Crippen molar-refractivity contribution in [3.63, 3.8) is 0 Å². The minimum absolute atomic E-state index is 0. The van der Waals surface area contributed by atoms with Crippen molar-refractivity contribution in [2.75, 3.05) is 0 Å². The summed E-state index contributed by atoms with van der Waals surface area (Å²) in [6.07, 6.45) is 1.74. The Labute approximate surface area is 445 Å². The van der Waals surface area contributed by atoms with Crippen molar-refractivity contribution < 1.29 is 37.1 Å². The Morgan fingerprint density at radius 2 is 1.24 bits per heavy atom. The molecule has 4 nitrogen and oxygen atoms in total. The minimum Gasteiger partial charge on any atom is -0.507 e. The van der Waals surface area contributed by atoms with Crippen molar-refractivity contribution in [1.29, 1.82) is 0 Å². The average Bonchev–Trinajstić information content (AvgIpc) is 3.98. The van der Waals surface area contributed by atoms with Crippen LogP contribution < -0.4 is 0 Å². The number of aryl methyl sites for hydroxylation is 2. The first-order valence-electron chi connectivity index (χ1n) is 27.7. The maximum absolute atomic E-state index is 12.7. The molecule has 356 valence electrons. The number of pyridine rings is 1. The fourth-order valence-corrected chi connectivity index (χ4v) is 9.30. The van der Waals surface area contributed by atoms with E-state index in [1.165, 1.54) is 0 Å². The number of aromatic nitrogens is 3. The predicted octanol–water partition coefficient (Wildman–Crippen LogP) is 17.8. The Bertz CT molecular complexity index is 3870. The normalized spacial score (nSPS) is 14.0. The third kappa shape index (κ3) is 9.71. The largest absolute Gasteiger partial charge is 0.507 e. The van der Waals surface area contributed by atoms with Crippen LogP contribution in [0, 0.1) is 19.8 Å². The second kappa shape index (κ2) is 19.9. The Hall–Kier alpha value is -7.13. The molecule has 0 amide bonds. The molecule has 0 spiro atoms. The summed E-state index contributed by atoms with van der Waals surface area (Å²) in [6.45, 7) is 8.66. The molecule has 0 aliphatic carbocycles. The van der Waals surface area contributed by atoms with E-state index in [9.17, 15) is 7.85 Å². The predicted molar refractivity (Wildman–Crippen MR) is 294 cm³/mol. The molecule has 0 atom stereocenters. The number of aromatic hydroxyl groups is 1. The fourth-order valence-electron chi connectivity index (χ4n) is 9.30. The van der Waals surface area contributed by atoms with Gasteiger partial charge in [0, 0.05) is 49.5 Å². The van der Waals surface area contributed by atoms with Crippen molar-refractivity contribution in [2.45, 2.75) is 79.4 Å². The molecular formula is C66H60N3OPt-. The molecule has 0 saturated carbocycles. The number of rotatable bonds is 10. The Morgan fingerprint density at radius 3 is 1.90 bits per heavy atom. The molecule has 0 aliphatic rings. The number of hydrogen-bond donors (Lipinski definition) is 1. The second-order valence-corrected chi connectivity index (χ2v) is 19.5. The Balaban J connectivity index is 0.00000757. The van der Waals surface area contributed by atoms with E-state index < -0.39 is 25.5 Å². The van der Waals surface area contributed by atoms with Crippen molar-refractivity contribution >= 4 is 11.0 Å². The summed E-state index contributed by atoms with van der Waals surface area (Å²) in [7, 11) is 0. The zero-order chi connectivity index (χ0) is 55.7. The van der Waals surface area contributed by atoms with Crippen LogP contribution in [0.25, 0.3) is 95.0 Å². The van der Waals surface area contributed by atoms with E-state index >= 15 is 0 Å². The number of phenols is 1. The van der Waals surface area contributed by atoms with E-state index in [2.05, 4.69) is 51.1 Å². The summed E-state index contributed by atoms with van der Waals surface area (Å²) in [5.74, 6) is -2.28. The van der Waals surface area contributed by atoms with Gasteiger partial charge in [-0.2, -0.15) is 0 Å². The summed E-state index contributed by atoms with van der Waals surface area (Å²) in [5, 5.41) is 12.7. The number of nitrogens with zero attached hydrogens (tertiary/aromatic N) is 3. The molecule has 10 aromatic rings. The molecule has 8 aromatic carbocycles. The van der Waals surface area contributed by atoms with Crippen LogP contribution in [0.15, 0.2) is 182 Å². The van der Waals surface area contributed by atoms with Gasteiger partial charge in [-0.15, -0.1) is 23.8 Å². The smallest absolute Gasteiger partial charge is 0.148 e. The van der Waals surface area contributed by atoms with Gasteiger partial charge in [0.2, 0.25) is 0 Å². The molecule has 2 heterocycles. The second-order valence-electron chi connectivity index (χ2n) is 19.5. The SMILES string of the molecule is [2H]C([2H])([2H])c1ccc(-c2ccnc(-c3[c-]c(-c4cccc5c4nc(-c4cc(C([2H])(C)C)cc(C([2H])(C)C)c4O)n5-c4cc(-c5ccccc5)c(C([2H])([2H])[2H])cc4-c4ccc(C(C)(C)C)cc4)cc(-c4ccccc4)c3)c2)cc1.[Pt]. The van der Waals surface area contributed by atoms with Crippen LogP contribution in [0.1, 0.15) is 99.0 Å². The number of imidazole rings is 1. The number of fused-ring (bicyclic) bond motifs is 1. The van der Waals surface area contributed by atoms with Crippen molar-refractivity contribution in [1.82, 2.24) is 14.5 Å². The van der Waals surface area contributed by atoms with Crippen LogP contribution in [-0.2, 0) is 26.5 Å². The van der Waals surface area contributed by atoms with E-state index in [-0.39, 0.29) is 43.4 Å². The molecule has 0 bridgehead atoms. The standard InChI is InChI=1S/C66H60N3O.Pt/c1-41(2)50-37-56(42(3)4)64(70)59(38-50)65-68-63-55(52-34-51(45-17-12-10-13-18-45)35-53(36-52)60-39-49(31-32-67-60)46-25-23-43(5)24-26-46)21-16-22-61(63)69(65)62-40-57(47-19-14-11-15-20-47)44(6)33-58(62)48-27-29-54(30-28-48)66(7,8)9;/h10-35,37-42,70H,1-9H3;/q-1;/i5D3,6D3,41D,42D;. The molecular weight excluding hydrogens is 1050 g/mol. The fraction of sp³-hybridized carbons (Fsp3) is 0.182. The van der Waals surface area contributed by atoms with Crippen LogP contribution in [0.3, 0.4) is 0 Å². The summed E-state index contributed by atoms with van der Waals surface area (Å²) in [5.41, 5.74) is 13.2. The van der Waals surface area contributed by atoms with Gasteiger partial charge in [0.1, 0.15) is 11.6 Å². The van der Waals surface area contributed by atoms with Gasteiger partial charge in [-0.05, 0) is 117 Å². The summed E-state index contributed by atoms with van der Waals surface area (Å²) in [4.78, 5) is 10.4. The number of hydrogen-bond acceptors (Lipinski definition) is 3. The zero-order valence-corrected chi connectivity index (χ0v) is 43.2. The molecule has 0 radical (unpaired) electrons. The van der Waals surface area contributed by atoms with Crippen molar-refractivity contribution in [3.05, 3.63) is 216 Å². The molecule has 10 rings (SSSR count). The number of phenolic OH excluding ortho intramolecular Hbond substituents is 1. The molecule has 71 heavy (non-hydrogen) atoms. The van der Waals surface area contributed by atoms with Gasteiger partial charge < -0.3 is 5.11 Å². The van der Waals surface area contributed by atoms with E-state index in [1.807, 2.05) is 126 Å². The summed E-state index contributed by atoms with van der Waals surface area (Å²) < 4.78 is 71.2. The minimum atomic E-state index is -2.52. The van der Waals surface area contributed by atoms with Gasteiger partial charge in [0.25, 0.3) is 0 Å². The number of benzene rings is 8. The van der Waals surface area contributed by atoms with Crippen LogP contribution in [0.4, 0.5) is 0 Å².